The Kier molecular flexibility index (Phi) is 5.58. The van der Waals surface area contributed by atoms with E-state index < -0.39 is 0 Å². The van der Waals surface area contributed by atoms with E-state index in [0.29, 0.717) is 0 Å². The normalized spacial score (nSPS) is 12.4. The molecule has 0 aliphatic heterocycles. The van der Waals surface area contributed by atoms with Crippen molar-refractivity contribution >= 4 is 27.5 Å². The summed E-state index contributed by atoms with van der Waals surface area (Å²) >= 11 is 9.21. The van der Waals surface area contributed by atoms with Crippen LogP contribution in [0.3, 0.4) is 0 Å². The lowest BCUT2D eigenvalue weighted by Gasteiger charge is -2.17. The van der Waals surface area contributed by atoms with Crippen molar-refractivity contribution in [1.82, 2.24) is 5.32 Å². The first kappa shape index (κ1) is 15.5. The van der Waals surface area contributed by atoms with Gasteiger partial charge >= 0.3 is 0 Å². The standard InChI is InChI=1S/C16H16BrClFN/c1-20-16(8-11-2-4-14(18)5-3-11)9-12-6-13(17)10-15(19)7-12/h2-7,10,16,20H,8-9H2,1H3. The Bertz CT molecular complexity index is 551. The summed E-state index contributed by atoms with van der Waals surface area (Å²) in [7, 11) is 1.93. The Morgan fingerprint density at radius 1 is 1.10 bits per heavy atom. The fourth-order valence-electron chi connectivity index (χ4n) is 2.19. The van der Waals surface area contributed by atoms with Gasteiger partial charge in [-0.2, -0.15) is 0 Å². The van der Waals surface area contributed by atoms with E-state index in [1.165, 1.54) is 11.6 Å². The minimum absolute atomic E-state index is 0.212. The van der Waals surface area contributed by atoms with Gasteiger partial charge in [-0.1, -0.05) is 39.7 Å². The fraction of sp³-hybridized carbons (Fsp3) is 0.250. The second-order valence-corrected chi connectivity index (χ2v) is 6.15. The molecule has 0 saturated carbocycles. The molecule has 0 fully saturated rings. The van der Waals surface area contributed by atoms with Crippen LogP contribution in [0.15, 0.2) is 46.9 Å². The maximum Gasteiger partial charge on any atom is 0.124 e. The maximum atomic E-state index is 13.4. The van der Waals surface area contributed by atoms with E-state index in [1.807, 2.05) is 37.4 Å². The maximum absolute atomic E-state index is 13.4. The molecule has 1 atom stereocenters. The van der Waals surface area contributed by atoms with Crippen LogP contribution in [0.2, 0.25) is 5.02 Å². The summed E-state index contributed by atoms with van der Waals surface area (Å²) in [5, 5.41) is 4.02. The molecule has 0 bridgehead atoms. The Morgan fingerprint density at radius 3 is 2.35 bits per heavy atom. The summed E-state index contributed by atoms with van der Waals surface area (Å²) in [4.78, 5) is 0. The largest absolute Gasteiger partial charge is 0.316 e. The third-order valence-electron chi connectivity index (χ3n) is 3.21. The predicted octanol–water partition coefficient (Wildman–Crippen LogP) is 4.61. The Labute approximate surface area is 132 Å². The molecule has 0 aromatic heterocycles. The molecule has 1 unspecified atom stereocenters. The van der Waals surface area contributed by atoms with Crippen LogP contribution in [0.1, 0.15) is 11.1 Å². The Morgan fingerprint density at radius 2 is 1.75 bits per heavy atom. The van der Waals surface area contributed by atoms with E-state index in [4.69, 9.17) is 11.6 Å². The zero-order chi connectivity index (χ0) is 14.5. The fourth-order valence-corrected chi connectivity index (χ4v) is 2.83. The first-order valence-electron chi connectivity index (χ1n) is 6.43. The summed E-state index contributed by atoms with van der Waals surface area (Å²) in [6.45, 7) is 0. The molecule has 0 spiro atoms. The van der Waals surface area contributed by atoms with Crippen molar-refractivity contribution in [3.8, 4) is 0 Å². The van der Waals surface area contributed by atoms with E-state index in [2.05, 4.69) is 21.2 Å². The first-order chi connectivity index (χ1) is 9.56. The smallest absolute Gasteiger partial charge is 0.124 e. The van der Waals surface area contributed by atoms with Crippen molar-refractivity contribution in [2.24, 2.45) is 0 Å². The SMILES string of the molecule is CNC(Cc1ccc(Cl)cc1)Cc1cc(F)cc(Br)c1. The predicted molar refractivity (Wildman–Crippen MR) is 85.8 cm³/mol. The zero-order valence-electron chi connectivity index (χ0n) is 11.2. The molecular weight excluding hydrogens is 341 g/mol. The number of hydrogen-bond acceptors (Lipinski definition) is 1. The summed E-state index contributed by atoms with van der Waals surface area (Å²) in [6, 6.07) is 13.1. The topological polar surface area (TPSA) is 12.0 Å². The molecule has 0 aliphatic rings. The first-order valence-corrected chi connectivity index (χ1v) is 7.60. The summed E-state index contributed by atoms with van der Waals surface area (Å²) in [5.41, 5.74) is 2.19. The van der Waals surface area contributed by atoms with Gasteiger partial charge in [0.05, 0.1) is 0 Å². The molecule has 0 amide bonds. The van der Waals surface area contributed by atoms with Gasteiger partial charge in [0.2, 0.25) is 0 Å². The highest BCUT2D eigenvalue weighted by Crippen LogP contribution is 2.18. The van der Waals surface area contributed by atoms with E-state index in [-0.39, 0.29) is 11.9 Å². The number of benzene rings is 2. The second kappa shape index (κ2) is 7.21. The zero-order valence-corrected chi connectivity index (χ0v) is 13.5. The van der Waals surface area contributed by atoms with Crippen molar-refractivity contribution in [3.63, 3.8) is 0 Å². The molecule has 1 nitrogen and oxygen atoms in total. The van der Waals surface area contributed by atoms with Crippen LogP contribution in [0.4, 0.5) is 4.39 Å². The molecule has 106 valence electrons. The highest BCUT2D eigenvalue weighted by Gasteiger charge is 2.10. The number of likely N-dealkylation sites (N-methyl/N-ethyl adjacent to an activating group) is 1. The molecular formula is C16H16BrClFN. The summed E-state index contributed by atoms with van der Waals surface area (Å²) < 4.78 is 14.2. The van der Waals surface area contributed by atoms with Crippen LogP contribution < -0.4 is 5.32 Å². The van der Waals surface area contributed by atoms with Crippen LogP contribution in [0.5, 0.6) is 0 Å². The third kappa shape index (κ3) is 4.58. The molecule has 2 aromatic rings. The molecule has 1 N–H and O–H groups in total. The van der Waals surface area contributed by atoms with Gasteiger partial charge in [-0.15, -0.1) is 0 Å². The lowest BCUT2D eigenvalue weighted by atomic mass is 9.99. The number of rotatable bonds is 5. The molecule has 4 heteroatoms. The second-order valence-electron chi connectivity index (χ2n) is 4.80. The average Bonchev–Trinajstić information content (AvgIpc) is 2.39. The molecule has 2 rings (SSSR count). The highest BCUT2D eigenvalue weighted by molar-refractivity contribution is 9.10. The number of nitrogens with one attached hydrogen (secondary N) is 1. The minimum atomic E-state index is -0.212. The highest BCUT2D eigenvalue weighted by atomic mass is 79.9. The van der Waals surface area contributed by atoms with Crippen molar-refractivity contribution in [1.29, 1.82) is 0 Å². The van der Waals surface area contributed by atoms with Crippen molar-refractivity contribution in [3.05, 3.63) is 68.9 Å². The molecule has 0 aliphatic carbocycles. The van der Waals surface area contributed by atoms with Crippen LogP contribution in [0, 0.1) is 5.82 Å². The van der Waals surface area contributed by atoms with Crippen LogP contribution in [-0.2, 0) is 12.8 Å². The van der Waals surface area contributed by atoms with E-state index in [0.717, 1.165) is 27.9 Å². The van der Waals surface area contributed by atoms with Gasteiger partial charge in [0.1, 0.15) is 5.82 Å². The molecule has 0 radical (unpaired) electrons. The van der Waals surface area contributed by atoms with Crippen molar-refractivity contribution in [2.75, 3.05) is 7.05 Å². The average molecular weight is 357 g/mol. The van der Waals surface area contributed by atoms with Gasteiger partial charge in [0, 0.05) is 15.5 Å². The lowest BCUT2D eigenvalue weighted by Crippen LogP contribution is -2.29. The molecule has 0 saturated heterocycles. The monoisotopic (exact) mass is 355 g/mol. The Hall–Kier alpha value is -0.900. The van der Waals surface area contributed by atoms with E-state index in [9.17, 15) is 4.39 Å². The van der Waals surface area contributed by atoms with Gasteiger partial charge in [-0.3, -0.25) is 0 Å². The molecule has 2 aromatic carbocycles. The number of hydrogen-bond donors (Lipinski definition) is 1. The quantitative estimate of drug-likeness (QED) is 0.824. The Balaban J connectivity index is 2.06. The van der Waals surface area contributed by atoms with Gasteiger partial charge in [-0.05, 0) is 61.3 Å². The van der Waals surface area contributed by atoms with Crippen molar-refractivity contribution in [2.45, 2.75) is 18.9 Å². The summed E-state index contributed by atoms with van der Waals surface area (Å²) in [5.74, 6) is -0.212. The lowest BCUT2D eigenvalue weighted by molar-refractivity contribution is 0.552. The van der Waals surface area contributed by atoms with Gasteiger partial charge in [0.15, 0.2) is 0 Å². The van der Waals surface area contributed by atoms with Crippen molar-refractivity contribution < 1.29 is 4.39 Å². The van der Waals surface area contributed by atoms with Crippen LogP contribution in [-0.4, -0.2) is 13.1 Å². The summed E-state index contributed by atoms with van der Waals surface area (Å²) in [6.07, 6.45) is 1.65. The van der Waals surface area contributed by atoms with E-state index in [1.54, 1.807) is 6.07 Å². The number of halogens is 3. The van der Waals surface area contributed by atoms with Gasteiger partial charge in [-0.25, -0.2) is 4.39 Å². The minimum Gasteiger partial charge on any atom is -0.316 e. The van der Waals surface area contributed by atoms with Gasteiger partial charge in [0.25, 0.3) is 0 Å². The third-order valence-corrected chi connectivity index (χ3v) is 3.92. The van der Waals surface area contributed by atoms with E-state index >= 15 is 0 Å². The van der Waals surface area contributed by atoms with Gasteiger partial charge < -0.3 is 5.32 Å². The van der Waals surface area contributed by atoms with Crippen LogP contribution in [0.25, 0.3) is 0 Å². The van der Waals surface area contributed by atoms with Crippen LogP contribution >= 0.6 is 27.5 Å². The molecule has 20 heavy (non-hydrogen) atoms. The molecule has 0 heterocycles.